The van der Waals surface area contributed by atoms with Crippen LogP contribution in [0.2, 0.25) is 0 Å². The summed E-state index contributed by atoms with van der Waals surface area (Å²) in [7, 11) is 0. The summed E-state index contributed by atoms with van der Waals surface area (Å²) in [4.78, 5) is 10.4. The van der Waals surface area contributed by atoms with Gasteiger partial charge in [0.2, 0.25) is 0 Å². The molecule has 0 aromatic heterocycles. The number of benzene rings is 1. The van der Waals surface area contributed by atoms with Crippen LogP contribution in [0.3, 0.4) is 0 Å². The zero-order chi connectivity index (χ0) is 23.8. The Hall–Kier alpha value is -0.342. The Morgan fingerprint density at radius 3 is 2.00 bits per heavy atom. The third kappa shape index (κ3) is 21.3. The minimum absolute atomic E-state index is 0. The molecule has 3 nitrogen and oxygen atoms in total. The topological polar surface area (TPSA) is 61.1 Å². The van der Waals surface area contributed by atoms with E-state index in [0.29, 0.717) is 21.3 Å². The molecule has 0 heterocycles. The summed E-state index contributed by atoms with van der Waals surface area (Å²) in [5, 5.41) is 17.5. The molecule has 0 amide bonds. The van der Waals surface area contributed by atoms with Crippen LogP contribution in [0, 0.1) is 29.6 Å². The monoisotopic (exact) mass is 652 g/mol. The first-order chi connectivity index (χ1) is 13.8. The van der Waals surface area contributed by atoms with Crippen LogP contribution in [0.25, 0.3) is 0 Å². The molecule has 7 heteroatoms. The van der Waals surface area contributed by atoms with Gasteiger partial charge in [0.1, 0.15) is 8.28 Å². The van der Waals surface area contributed by atoms with Gasteiger partial charge in [-0.3, -0.25) is 4.79 Å². The third-order valence-electron chi connectivity index (χ3n) is 4.35. The minimum atomic E-state index is -0.883. The predicted molar refractivity (Wildman–Crippen MR) is 139 cm³/mol. The molecule has 0 aliphatic rings. The van der Waals surface area contributed by atoms with Crippen molar-refractivity contribution < 1.29 is 31.0 Å². The van der Waals surface area contributed by atoms with Gasteiger partial charge >= 0.3 is 5.97 Å². The van der Waals surface area contributed by atoms with Crippen LogP contribution in [-0.2, 0) is 32.3 Å². The van der Waals surface area contributed by atoms with E-state index in [1.54, 1.807) is 6.92 Å². The third-order valence-corrected chi connectivity index (χ3v) is 7.00. The maximum Gasteiger partial charge on any atom is 0.303 e. The second-order valence-electron chi connectivity index (χ2n) is 8.13. The first-order valence-corrected chi connectivity index (χ1v) is 12.4. The summed E-state index contributed by atoms with van der Waals surface area (Å²) < 4.78 is -0.0237. The van der Waals surface area contributed by atoms with Crippen LogP contribution in [0.15, 0.2) is 30.3 Å². The van der Waals surface area contributed by atoms with Gasteiger partial charge in [-0.2, -0.15) is 11.2 Å². The molecule has 1 rings (SSSR count). The number of nitrogens with zero attached hydrogens (tertiary/aromatic N) is 1. The Kier molecular flexibility index (Phi) is 21.8. The molecule has 2 unspecified atom stereocenters. The molecule has 31 heavy (non-hydrogen) atoms. The van der Waals surface area contributed by atoms with Crippen molar-refractivity contribution in [3.63, 3.8) is 0 Å². The van der Waals surface area contributed by atoms with Crippen molar-refractivity contribution in [3.05, 3.63) is 42.8 Å². The van der Waals surface area contributed by atoms with Crippen molar-refractivity contribution in [3.8, 4) is 6.07 Å². The Morgan fingerprint density at radius 1 is 1.23 bits per heavy atom. The van der Waals surface area contributed by atoms with Crippen molar-refractivity contribution in [1.82, 2.24) is 0 Å². The van der Waals surface area contributed by atoms with E-state index in [9.17, 15) is 4.79 Å². The number of hydrogen-bond donors (Lipinski definition) is 1. The molecule has 1 aromatic carbocycles. The molecule has 0 fully saturated rings. The summed E-state index contributed by atoms with van der Waals surface area (Å²) in [5.74, 6) is 0.533. The number of thiocarbonyl (C=S) groups is 1. The fourth-order valence-corrected chi connectivity index (χ4v) is 4.42. The van der Waals surface area contributed by atoms with Gasteiger partial charge in [0.15, 0.2) is 0 Å². The fraction of sp³-hybridized carbons (Fsp3) is 0.583. The maximum atomic E-state index is 10.4. The van der Waals surface area contributed by atoms with Gasteiger partial charge in [0, 0.05) is 27.5 Å². The van der Waals surface area contributed by atoms with Crippen molar-refractivity contribution in [1.29, 1.82) is 5.26 Å². The Bertz CT molecular complexity index is 655. The number of rotatable bonds is 6. The summed E-state index contributed by atoms with van der Waals surface area (Å²) in [6.45, 7) is 18.5. The largest absolute Gasteiger partial charge is 0.481 e. The SMILES string of the molecule is CCSC(=S)SC(C)(C#N)CCC(=O)O.CCc1ccccc1.[CH2-]C(C)C(C)(C)C.[W]. The molecule has 1 aromatic rings. The van der Waals surface area contributed by atoms with Gasteiger partial charge in [-0.15, -0.1) is 11.8 Å². The van der Waals surface area contributed by atoms with Gasteiger partial charge in [0.05, 0.1) is 6.07 Å². The molecule has 176 valence electrons. The number of carboxylic acids is 1. The zero-order valence-electron chi connectivity index (χ0n) is 19.9. The molecule has 2 atom stereocenters. The number of nitriles is 1. The molecular formula is C24H38NO2S3W-. The number of carbonyl (C=O) groups is 1. The van der Waals surface area contributed by atoms with Gasteiger partial charge in [-0.1, -0.05) is 101 Å². The van der Waals surface area contributed by atoms with Crippen molar-refractivity contribution in [2.45, 2.75) is 72.5 Å². The Labute approximate surface area is 218 Å². The van der Waals surface area contributed by atoms with Crippen molar-refractivity contribution >= 4 is 45.2 Å². The Balaban J connectivity index is -0.000000412. The first-order valence-electron chi connectivity index (χ1n) is 10.2. The van der Waals surface area contributed by atoms with E-state index in [4.69, 9.17) is 22.6 Å². The van der Waals surface area contributed by atoms with Crippen LogP contribution >= 0.6 is 35.7 Å². The smallest absolute Gasteiger partial charge is 0.303 e. The normalized spacial score (nSPS) is 12.9. The molecule has 1 N–H and O–H groups in total. The minimum Gasteiger partial charge on any atom is -0.481 e. The molecule has 0 bridgehead atoms. The van der Waals surface area contributed by atoms with Crippen LogP contribution in [-0.4, -0.2) is 25.1 Å². The average molecular weight is 653 g/mol. The maximum absolute atomic E-state index is 10.4. The molecule has 0 saturated carbocycles. The summed E-state index contributed by atoms with van der Waals surface area (Å²) in [6.07, 6.45) is 1.45. The van der Waals surface area contributed by atoms with E-state index in [1.165, 1.54) is 29.1 Å². The van der Waals surface area contributed by atoms with Crippen LogP contribution in [0.5, 0.6) is 0 Å². The van der Waals surface area contributed by atoms with E-state index < -0.39 is 10.7 Å². The fourth-order valence-electron chi connectivity index (χ4n) is 1.52. The zero-order valence-corrected chi connectivity index (χ0v) is 25.3. The number of carboxylic acid groups (broad SMARTS) is 1. The van der Waals surface area contributed by atoms with E-state index in [1.807, 2.05) is 13.0 Å². The second-order valence-corrected chi connectivity index (χ2v) is 12.1. The molecule has 0 aliphatic carbocycles. The number of hydrogen-bond acceptors (Lipinski definition) is 5. The summed E-state index contributed by atoms with van der Waals surface area (Å²) in [5.41, 5.74) is 1.80. The van der Waals surface area contributed by atoms with E-state index in [2.05, 4.69) is 71.9 Å². The van der Waals surface area contributed by atoms with Gasteiger partial charge in [-0.05, 0) is 31.1 Å². The quantitative estimate of drug-likeness (QED) is 0.252. The van der Waals surface area contributed by atoms with Gasteiger partial charge < -0.3 is 12.0 Å². The number of thioether (sulfide) groups is 2. The Morgan fingerprint density at radius 2 is 1.71 bits per heavy atom. The van der Waals surface area contributed by atoms with Crippen LogP contribution < -0.4 is 0 Å². The van der Waals surface area contributed by atoms with E-state index in [-0.39, 0.29) is 27.5 Å². The standard InChI is InChI=1S/C9H13NO2S3.C8H10.C7H15.W/c1-3-14-8(13)15-9(2,6-10)5-4-7(11)12;1-2-8-6-4-3-5-7-8;1-6(2)7(3,4)5;/h3-5H2,1-2H3,(H,11,12);3-7H,2H2,1H3;6H,1H2,2-5H3;/q;;-1;. The number of aryl methyl sites for hydroxylation is 1. The van der Waals surface area contributed by atoms with Crippen molar-refractivity contribution in [2.24, 2.45) is 11.3 Å². The van der Waals surface area contributed by atoms with Gasteiger partial charge in [-0.25, -0.2) is 0 Å². The average Bonchev–Trinajstić information content (AvgIpc) is 2.67. The second kappa shape index (κ2) is 19.2. The van der Waals surface area contributed by atoms with E-state index >= 15 is 0 Å². The summed E-state index contributed by atoms with van der Waals surface area (Å²) in [6, 6.07) is 12.6. The van der Waals surface area contributed by atoms with E-state index in [0.717, 1.165) is 12.2 Å². The molecule has 0 aliphatic heterocycles. The summed E-state index contributed by atoms with van der Waals surface area (Å²) >= 11 is 7.86. The molecule has 0 saturated heterocycles. The van der Waals surface area contributed by atoms with Gasteiger partial charge in [0.25, 0.3) is 0 Å². The predicted octanol–water partition coefficient (Wildman–Crippen LogP) is 7.65. The van der Waals surface area contributed by atoms with Crippen LogP contribution in [0.1, 0.15) is 66.9 Å². The molecular weight excluding hydrogens is 614 g/mol. The number of aliphatic carboxylic acids is 1. The first kappa shape index (κ1) is 35.3. The molecule has 0 spiro atoms. The van der Waals surface area contributed by atoms with Crippen LogP contribution in [0.4, 0.5) is 0 Å². The van der Waals surface area contributed by atoms with Crippen molar-refractivity contribution in [2.75, 3.05) is 5.75 Å². The molecule has 0 radical (unpaired) electrons.